The third-order valence-corrected chi connectivity index (χ3v) is 3.33. The van der Waals surface area contributed by atoms with Crippen molar-refractivity contribution in [2.24, 2.45) is 0 Å². The summed E-state index contributed by atoms with van der Waals surface area (Å²) in [6.07, 6.45) is 0. The molecule has 2 N–H and O–H groups in total. The Labute approximate surface area is 117 Å². The zero-order valence-electron chi connectivity index (χ0n) is 12.8. The molecular weight excluding hydrogens is 238 g/mol. The maximum atomic E-state index is 10.5. The number of ether oxygens (including phenoxy) is 1. The maximum Gasteiger partial charge on any atom is 0.0992 e. The molecule has 0 aromatic heterocycles. The Bertz CT molecular complexity index is 377. The minimum atomic E-state index is -0.857. The van der Waals surface area contributed by atoms with Crippen LogP contribution in [0.1, 0.15) is 38.8 Å². The lowest BCUT2D eigenvalue weighted by Crippen LogP contribution is -2.36. The standard InChI is InChI=1S/C16H27NO2/c1-15(2,3)13-6-8-14(9-7-13)16(4,18)12-17-10-11-19-5/h6-9,17-18H,10-12H2,1-5H3. The highest BCUT2D eigenvalue weighted by atomic mass is 16.5. The van der Waals surface area contributed by atoms with Crippen LogP contribution >= 0.6 is 0 Å². The summed E-state index contributed by atoms with van der Waals surface area (Å²) in [5.74, 6) is 0. The van der Waals surface area contributed by atoms with Gasteiger partial charge < -0.3 is 15.2 Å². The van der Waals surface area contributed by atoms with Crippen LogP contribution in [0.25, 0.3) is 0 Å². The van der Waals surface area contributed by atoms with E-state index in [1.807, 2.05) is 19.1 Å². The smallest absolute Gasteiger partial charge is 0.0992 e. The molecule has 0 saturated heterocycles. The molecule has 1 aromatic carbocycles. The predicted octanol–water partition coefficient (Wildman–Crippen LogP) is 2.43. The van der Waals surface area contributed by atoms with Crippen LogP contribution in [0.4, 0.5) is 0 Å². The molecule has 19 heavy (non-hydrogen) atoms. The summed E-state index contributed by atoms with van der Waals surface area (Å²) in [6.45, 7) is 10.3. The van der Waals surface area contributed by atoms with Crippen LogP contribution in [0.2, 0.25) is 0 Å². The van der Waals surface area contributed by atoms with Crippen LogP contribution in [-0.4, -0.2) is 31.9 Å². The van der Waals surface area contributed by atoms with Crippen LogP contribution in [0.15, 0.2) is 24.3 Å². The molecule has 0 amide bonds. The second-order valence-corrected chi connectivity index (χ2v) is 6.27. The van der Waals surface area contributed by atoms with Crippen LogP contribution in [0.3, 0.4) is 0 Å². The summed E-state index contributed by atoms with van der Waals surface area (Å²) < 4.78 is 4.97. The molecule has 0 radical (unpaired) electrons. The molecule has 1 rings (SSSR count). The van der Waals surface area contributed by atoms with Crippen molar-refractivity contribution >= 4 is 0 Å². The van der Waals surface area contributed by atoms with Gasteiger partial charge in [-0.1, -0.05) is 45.0 Å². The molecule has 0 saturated carbocycles. The number of nitrogens with one attached hydrogen (secondary N) is 1. The Morgan fingerprint density at radius 1 is 1.05 bits per heavy atom. The van der Waals surface area contributed by atoms with E-state index in [0.29, 0.717) is 13.2 Å². The van der Waals surface area contributed by atoms with Crippen LogP contribution < -0.4 is 5.32 Å². The average molecular weight is 265 g/mol. The first-order valence-electron chi connectivity index (χ1n) is 6.80. The van der Waals surface area contributed by atoms with Gasteiger partial charge in [0.15, 0.2) is 0 Å². The van der Waals surface area contributed by atoms with E-state index in [-0.39, 0.29) is 5.41 Å². The van der Waals surface area contributed by atoms with Gasteiger partial charge in [-0.2, -0.15) is 0 Å². The van der Waals surface area contributed by atoms with Gasteiger partial charge in [-0.05, 0) is 23.5 Å². The third-order valence-electron chi connectivity index (χ3n) is 3.33. The first kappa shape index (κ1) is 16.2. The topological polar surface area (TPSA) is 41.5 Å². The monoisotopic (exact) mass is 265 g/mol. The second kappa shape index (κ2) is 6.51. The van der Waals surface area contributed by atoms with Gasteiger partial charge in [-0.25, -0.2) is 0 Å². The van der Waals surface area contributed by atoms with E-state index in [1.165, 1.54) is 5.56 Å². The first-order valence-corrected chi connectivity index (χ1v) is 6.80. The zero-order valence-corrected chi connectivity index (χ0v) is 12.8. The van der Waals surface area contributed by atoms with E-state index in [9.17, 15) is 5.11 Å². The number of hydrogen-bond acceptors (Lipinski definition) is 3. The van der Waals surface area contributed by atoms with E-state index in [4.69, 9.17) is 4.74 Å². The molecule has 1 unspecified atom stereocenters. The Balaban J connectivity index is 2.68. The summed E-state index contributed by atoms with van der Waals surface area (Å²) in [5.41, 5.74) is 1.50. The van der Waals surface area contributed by atoms with Crippen molar-refractivity contribution in [2.75, 3.05) is 26.8 Å². The molecule has 0 aliphatic heterocycles. The Morgan fingerprint density at radius 3 is 2.05 bits per heavy atom. The Kier molecular flexibility index (Phi) is 5.53. The SMILES string of the molecule is COCCNCC(C)(O)c1ccc(C(C)(C)C)cc1. The van der Waals surface area contributed by atoms with Gasteiger partial charge in [0.05, 0.1) is 12.2 Å². The first-order chi connectivity index (χ1) is 8.77. The minimum Gasteiger partial charge on any atom is -0.384 e. The fourth-order valence-electron chi connectivity index (χ4n) is 1.94. The largest absolute Gasteiger partial charge is 0.384 e. The van der Waals surface area contributed by atoms with Crippen molar-refractivity contribution in [1.82, 2.24) is 5.32 Å². The minimum absolute atomic E-state index is 0.140. The number of methoxy groups -OCH3 is 1. The highest BCUT2D eigenvalue weighted by Gasteiger charge is 2.23. The highest BCUT2D eigenvalue weighted by molar-refractivity contribution is 5.30. The van der Waals surface area contributed by atoms with Gasteiger partial charge >= 0.3 is 0 Å². The molecule has 3 heteroatoms. The van der Waals surface area contributed by atoms with Gasteiger partial charge in [-0.15, -0.1) is 0 Å². The molecule has 1 atom stereocenters. The van der Waals surface area contributed by atoms with Crippen LogP contribution in [0, 0.1) is 0 Å². The van der Waals surface area contributed by atoms with Crippen molar-refractivity contribution in [2.45, 2.75) is 38.7 Å². The average Bonchev–Trinajstić information content (AvgIpc) is 2.34. The van der Waals surface area contributed by atoms with E-state index in [1.54, 1.807) is 7.11 Å². The normalized spacial score (nSPS) is 15.3. The molecule has 0 aliphatic carbocycles. The number of aliphatic hydroxyl groups is 1. The van der Waals surface area contributed by atoms with Gasteiger partial charge in [0.25, 0.3) is 0 Å². The molecular formula is C16H27NO2. The number of hydrogen-bond donors (Lipinski definition) is 2. The van der Waals surface area contributed by atoms with Crippen molar-refractivity contribution in [3.63, 3.8) is 0 Å². The molecule has 108 valence electrons. The third kappa shape index (κ3) is 4.94. The molecule has 0 fully saturated rings. The summed E-state index contributed by atoms with van der Waals surface area (Å²) in [6, 6.07) is 8.22. The van der Waals surface area contributed by atoms with Gasteiger partial charge in [0.2, 0.25) is 0 Å². The lowest BCUT2D eigenvalue weighted by molar-refractivity contribution is 0.0549. The lowest BCUT2D eigenvalue weighted by Gasteiger charge is -2.26. The predicted molar refractivity (Wildman–Crippen MR) is 79.5 cm³/mol. The second-order valence-electron chi connectivity index (χ2n) is 6.27. The van der Waals surface area contributed by atoms with E-state index in [2.05, 4.69) is 38.2 Å². The summed E-state index contributed by atoms with van der Waals surface area (Å²) in [7, 11) is 1.67. The fourth-order valence-corrected chi connectivity index (χ4v) is 1.94. The van der Waals surface area contributed by atoms with E-state index < -0.39 is 5.60 Å². The fraction of sp³-hybridized carbons (Fsp3) is 0.625. The summed E-state index contributed by atoms with van der Waals surface area (Å²) >= 11 is 0. The van der Waals surface area contributed by atoms with Gasteiger partial charge in [-0.3, -0.25) is 0 Å². The van der Waals surface area contributed by atoms with Crippen molar-refractivity contribution in [3.05, 3.63) is 35.4 Å². The van der Waals surface area contributed by atoms with Gasteiger partial charge in [0, 0.05) is 20.2 Å². The Hall–Kier alpha value is -0.900. The van der Waals surface area contributed by atoms with E-state index in [0.717, 1.165) is 12.1 Å². The van der Waals surface area contributed by atoms with Gasteiger partial charge in [0.1, 0.15) is 0 Å². The van der Waals surface area contributed by atoms with Crippen molar-refractivity contribution < 1.29 is 9.84 Å². The molecule has 0 spiro atoms. The lowest BCUT2D eigenvalue weighted by atomic mass is 9.85. The number of benzene rings is 1. The number of rotatable bonds is 6. The molecule has 0 heterocycles. The Morgan fingerprint density at radius 2 is 1.58 bits per heavy atom. The molecule has 0 aliphatic rings. The maximum absolute atomic E-state index is 10.5. The van der Waals surface area contributed by atoms with Crippen LogP contribution in [-0.2, 0) is 15.8 Å². The zero-order chi connectivity index (χ0) is 14.5. The summed E-state index contributed by atoms with van der Waals surface area (Å²) in [4.78, 5) is 0. The van der Waals surface area contributed by atoms with Crippen molar-refractivity contribution in [1.29, 1.82) is 0 Å². The van der Waals surface area contributed by atoms with E-state index >= 15 is 0 Å². The summed E-state index contributed by atoms with van der Waals surface area (Å²) in [5, 5.41) is 13.7. The quantitative estimate of drug-likeness (QED) is 0.776. The van der Waals surface area contributed by atoms with Crippen molar-refractivity contribution in [3.8, 4) is 0 Å². The molecule has 1 aromatic rings. The molecule has 0 bridgehead atoms. The van der Waals surface area contributed by atoms with Crippen LogP contribution in [0.5, 0.6) is 0 Å². The highest BCUT2D eigenvalue weighted by Crippen LogP contribution is 2.26. The molecule has 3 nitrogen and oxygen atoms in total.